The van der Waals surface area contributed by atoms with Gasteiger partial charge in [0.05, 0.1) is 19.0 Å². The highest BCUT2D eigenvalue weighted by Gasteiger charge is 2.25. The molecule has 0 saturated carbocycles. The monoisotopic (exact) mass is 242 g/mol. The van der Waals surface area contributed by atoms with E-state index in [-0.39, 0.29) is 18.5 Å². The van der Waals surface area contributed by atoms with Gasteiger partial charge in [-0.15, -0.1) is 0 Å². The molecule has 1 fully saturated rings. The maximum absolute atomic E-state index is 11.5. The van der Waals surface area contributed by atoms with E-state index in [1.807, 2.05) is 30.3 Å². The zero-order chi connectivity index (χ0) is 11.4. The van der Waals surface area contributed by atoms with Gasteiger partial charge in [0.15, 0.2) is 0 Å². The topological polar surface area (TPSA) is 55.9 Å². The lowest BCUT2D eigenvalue weighted by Gasteiger charge is -2.04. The van der Waals surface area contributed by atoms with Crippen molar-refractivity contribution in [3.8, 4) is 0 Å². The lowest BCUT2D eigenvalue weighted by molar-refractivity contribution is 0.266. The van der Waals surface area contributed by atoms with Crippen LogP contribution in [0.3, 0.4) is 0 Å². The number of hydrogen-bond acceptors (Lipinski definition) is 4. The minimum atomic E-state index is -3.41. The Labute approximate surface area is 95.3 Å². The summed E-state index contributed by atoms with van der Waals surface area (Å²) < 4.78 is 32.6. The fraction of sp³-hybridized carbons (Fsp3) is 0.455. The molecule has 0 bridgehead atoms. The van der Waals surface area contributed by atoms with Gasteiger partial charge in [-0.1, -0.05) is 30.3 Å². The van der Waals surface area contributed by atoms with Crippen LogP contribution in [0, 0.1) is 0 Å². The third-order valence-electron chi connectivity index (χ3n) is 2.32. The summed E-state index contributed by atoms with van der Waals surface area (Å²) >= 11 is 0. The Morgan fingerprint density at radius 1 is 1.31 bits per heavy atom. The summed E-state index contributed by atoms with van der Waals surface area (Å²) in [6.45, 7) is 0.755. The molecule has 0 N–H and O–H groups in total. The molecule has 1 unspecified atom stereocenters. The van der Waals surface area contributed by atoms with Gasteiger partial charge in [-0.2, -0.15) is 8.42 Å². The van der Waals surface area contributed by atoms with Gasteiger partial charge in [0, 0.05) is 0 Å². The predicted octanol–water partition coefficient (Wildman–Crippen LogP) is 0.974. The molecule has 88 valence electrons. The molecule has 2 rings (SSSR count). The molecule has 0 radical (unpaired) electrons. The van der Waals surface area contributed by atoms with E-state index >= 15 is 0 Å². The van der Waals surface area contributed by atoms with E-state index in [9.17, 15) is 8.42 Å². The molecule has 5 heteroatoms. The first-order valence-electron chi connectivity index (χ1n) is 5.18. The van der Waals surface area contributed by atoms with Crippen molar-refractivity contribution in [3.63, 3.8) is 0 Å². The van der Waals surface area contributed by atoms with Crippen LogP contribution in [-0.2, 0) is 25.5 Å². The molecule has 1 aliphatic rings. The average Bonchev–Trinajstić information content (AvgIpc) is 3.09. The third kappa shape index (κ3) is 3.92. The summed E-state index contributed by atoms with van der Waals surface area (Å²) in [6.07, 6.45) is 0.459. The molecule has 1 saturated heterocycles. The van der Waals surface area contributed by atoms with Crippen molar-refractivity contribution >= 4 is 10.1 Å². The van der Waals surface area contributed by atoms with Crippen molar-refractivity contribution < 1.29 is 17.3 Å². The molecule has 0 amide bonds. The summed E-state index contributed by atoms with van der Waals surface area (Å²) in [4.78, 5) is 0. The van der Waals surface area contributed by atoms with Crippen molar-refractivity contribution in [3.05, 3.63) is 35.9 Å². The molecule has 1 atom stereocenters. The molecule has 0 aromatic heterocycles. The fourth-order valence-electron chi connectivity index (χ4n) is 1.29. The Morgan fingerprint density at radius 3 is 2.62 bits per heavy atom. The second-order valence-electron chi connectivity index (χ2n) is 3.74. The summed E-state index contributed by atoms with van der Waals surface area (Å²) in [5, 5.41) is 0. The van der Waals surface area contributed by atoms with Gasteiger partial charge in [0.2, 0.25) is 0 Å². The van der Waals surface area contributed by atoms with Crippen LogP contribution < -0.4 is 0 Å². The maximum Gasteiger partial charge on any atom is 0.267 e. The van der Waals surface area contributed by atoms with E-state index in [0.717, 1.165) is 5.56 Å². The first-order valence-corrected chi connectivity index (χ1v) is 6.76. The summed E-state index contributed by atoms with van der Waals surface area (Å²) in [5.41, 5.74) is 0.998. The third-order valence-corrected chi connectivity index (χ3v) is 3.52. The Balaban J connectivity index is 1.79. The van der Waals surface area contributed by atoms with Crippen molar-refractivity contribution in [1.29, 1.82) is 0 Å². The van der Waals surface area contributed by atoms with E-state index in [1.54, 1.807) is 0 Å². The Morgan fingerprint density at radius 2 is 2.00 bits per heavy atom. The standard InChI is InChI=1S/C11H14O4S/c12-16(13,15-9-11-8-14-11)7-6-10-4-2-1-3-5-10/h1-5,11H,6-9H2. The van der Waals surface area contributed by atoms with E-state index in [0.29, 0.717) is 13.0 Å². The summed E-state index contributed by atoms with van der Waals surface area (Å²) in [7, 11) is -3.41. The minimum absolute atomic E-state index is 0.0176. The van der Waals surface area contributed by atoms with E-state index in [4.69, 9.17) is 8.92 Å². The van der Waals surface area contributed by atoms with Gasteiger partial charge < -0.3 is 4.74 Å². The maximum atomic E-state index is 11.5. The van der Waals surface area contributed by atoms with E-state index in [1.165, 1.54) is 0 Å². The predicted molar refractivity (Wildman–Crippen MR) is 59.6 cm³/mol. The zero-order valence-electron chi connectivity index (χ0n) is 8.83. The van der Waals surface area contributed by atoms with Crippen molar-refractivity contribution in [1.82, 2.24) is 0 Å². The van der Waals surface area contributed by atoms with Crippen molar-refractivity contribution in [2.75, 3.05) is 19.0 Å². The minimum Gasteiger partial charge on any atom is -0.371 e. The molecular formula is C11H14O4S. The first kappa shape index (κ1) is 11.6. The van der Waals surface area contributed by atoms with Gasteiger partial charge in [-0.25, -0.2) is 0 Å². The second-order valence-corrected chi connectivity index (χ2v) is 5.50. The van der Waals surface area contributed by atoms with Gasteiger partial charge in [0.25, 0.3) is 10.1 Å². The van der Waals surface area contributed by atoms with Crippen LogP contribution in [-0.4, -0.2) is 33.5 Å². The number of ether oxygens (including phenoxy) is 1. The number of rotatable bonds is 6. The lowest BCUT2D eigenvalue weighted by atomic mass is 10.2. The molecule has 1 aliphatic heterocycles. The van der Waals surface area contributed by atoms with Crippen molar-refractivity contribution in [2.45, 2.75) is 12.5 Å². The van der Waals surface area contributed by atoms with Crippen LogP contribution in [0.25, 0.3) is 0 Å². The highest BCUT2D eigenvalue weighted by Crippen LogP contribution is 2.11. The first-order chi connectivity index (χ1) is 7.66. The van der Waals surface area contributed by atoms with Gasteiger partial charge in [-0.3, -0.25) is 4.18 Å². The molecule has 0 spiro atoms. The Hall–Kier alpha value is -0.910. The molecular weight excluding hydrogens is 228 g/mol. The van der Waals surface area contributed by atoms with E-state index < -0.39 is 10.1 Å². The zero-order valence-corrected chi connectivity index (χ0v) is 9.65. The molecule has 1 aromatic carbocycles. The molecule has 0 aliphatic carbocycles. The number of benzene rings is 1. The van der Waals surface area contributed by atoms with Crippen LogP contribution in [0.1, 0.15) is 5.56 Å². The normalized spacial score (nSPS) is 19.6. The average molecular weight is 242 g/mol. The molecule has 1 heterocycles. The summed E-state index contributed by atoms with van der Waals surface area (Å²) in [5.74, 6) is 0.0176. The van der Waals surface area contributed by atoms with Gasteiger partial charge in [0.1, 0.15) is 6.10 Å². The highest BCUT2D eigenvalue weighted by atomic mass is 32.2. The Bertz CT molecular complexity index is 423. The summed E-state index contributed by atoms with van der Waals surface area (Å²) in [6, 6.07) is 9.49. The van der Waals surface area contributed by atoms with Crippen LogP contribution in [0.4, 0.5) is 0 Å². The fourth-order valence-corrected chi connectivity index (χ4v) is 2.25. The molecule has 1 aromatic rings. The van der Waals surface area contributed by atoms with Crippen LogP contribution in [0.15, 0.2) is 30.3 Å². The lowest BCUT2D eigenvalue weighted by Crippen LogP contribution is -2.15. The highest BCUT2D eigenvalue weighted by molar-refractivity contribution is 7.86. The second kappa shape index (κ2) is 4.95. The molecule has 16 heavy (non-hydrogen) atoms. The quantitative estimate of drug-likeness (QED) is 0.551. The Kier molecular flexibility index (Phi) is 3.58. The SMILES string of the molecule is O=S(=O)(CCc1ccccc1)OCC1CO1. The number of hydrogen-bond donors (Lipinski definition) is 0. The van der Waals surface area contributed by atoms with Crippen LogP contribution in [0.5, 0.6) is 0 Å². The van der Waals surface area contributed by atoms with Gasteiger partial charge >= 0.3 is 0 Å². The van der Waals surface area contributed by atoms with Crippen molar-refractivity contribution in [2.24, 2.45) is 0 Å². The van der Waals surface area contributed by atoms with Gasteiger partial charge in [-0.05, 0) is 12.0 Å². The van der Waals surface area contributed by atoms with Crippen LogP contribution >= 0.6 is 0 Å². The smallest absolute Gasteiger partial charge is 0.267 e. The van der Waals surface area contributed by atoms with E-state index in [2.05, 4.69) is 0 Å². The number of aryl methyl sites for hydroxylation is 1. The number of epoxide rings is 1. The molecule has 4 nitrogen and oxygen atoms in total. The van der Waals surface area contributed by atoms with Crippen LogP contribution in [0.2, 0.25) is 0 Å². The largest absolute Gasteiger partial charge is 0.371 e.